The molecule has 1 atom stereocenters. The van der Waals surface area contributed by atoms with Crippen molar-refractivity contribution in [3.8, 4) is 0 Å². The van der Waals surface area contributed by atoms with Crippen molar-refractivity contribution in [1.29, 1.82) is 0 Å². The molecular weight excluding hydrogens is 384 g/mol. The van der Waals surface area contributed by atoms with Gasteiger partial charge in [-0.05, 0) is 99.3 Å². The molecule has 0 bridgehead atoms. The molecule has 1 aliphatic rings. The molecule has 0 aliphatic heterocycles. The van der Waals surface area contributed by atoms with E-state index in [1.807, 2.05) is 0 Å². The van der Waals surface area contributed by atoms with Crippen molar-refractivity contribution in [2.24, 2.45) is 5.41 Å². The molecule has 1 unspecified atom stereocenters. The largest absolute Gasteiger partial charge is 0.465 e. The van der Waals surface area contributed by atoms with Gasteiger partial charge in [0.2, 0.25) is 0 Å². The van der Waals surface area contributed by atoms with Crippen LogP contribution in [0.15, 0.2) is 46.6 Å². The Morgan fingerprint density at radius 1 is 0.871 bits per heavy atom. The predicted molar refractivity (Wildman–Crippen MR) is 131 cm³/mol. The van der Waals surface area contributed by atoms with Crippen molar-refractivity contribution in [2.45, 2.75) is 106 Å². The van der Waals surface area contributed by atoms with Crippen LogP contribution in [-0.4, -0.2) is 18.4 Å². The summed E-state index contributed by atoms with van der Waals surface area (Å²) in [6, 6.07) is 0. The van der Waals surface area contributed by atoms with Crippen LogP contribution in [0.3, 0.4) is 0 Å². The molecule has 0 heterocycles. The normalized spacial score (nSPS) is 20.2. The standard InChI is InChI=1S/C28H44O3/c1-7-31-27(30)28(20-11-18-26(28)29)21-19-25(6)17-10-16-24(5)15-9-14-23(4)13-8-12-22(2)3/h12,14,16,19H,7-11,13,15,17-18,20-21H2,1-6H3. The predicted octanol–water partition coefficient (Wildman–Crippen LogP) is 7.82. The Kier molecular flexibility index (Phi) is 12.4. The molecule has 0 aromatic heterocycles. The van der Waals surface area contributed by atoms with E-state index in [1.54, 1.807) is 6.92 Å². The lowest BCUT2D eigenvalue weighted by atomic mass is 9.81. The molecule has 31 heavy (non-hydrogen) atoms. The highest BCUT2D eigenvalue weighted by atomic mass is 16.5. The van der Waals surface area contributed by atoms with Crippen LogP contribution in [0.1, 0.15) is 106 Å². The molecule has 0 spiro atoms. The Bertz CT molecular complexity index is 717. The number of Topliss-reactive ketones (excluding diaryl/α,β-unsaturated/α-hetero) is 1. The number of esters is 1. The Balaban J connectivity index is 2.46. The lowest BCUT2D eigenvalue weighted by molar-refractivity contribution is -0.158. The molecule has 0 aromatic rings. The van der Waals surface area contributed by atoms with E-state index in [4.69, 9.17) is 4.74 Å². The molecule has 0 amide bonds. The van der Waals surface area contributed by atoms with Crippen molar-refractivity contribution in [1.82, 2.24) is 0 Å². The van der Waals surface area contributed by atoms with Gasteiger partial charge in [0.25, 0.3) is 0 Å². The maximum atomic E-state index is 12.4. The maximum Gasteiger partial charge on any atom is 0.319 e. The van der Waals surface area contributed by atoms with Gasteiger partial charge in [-0.3, -0.25) is 9.59 Å². The SMILES string of the molecule is CCOC(=O)C1(CC=C(C)CCC=C(C)CCC=C(C)CCC=C(C)C)CCCC1=O. The average molecular weight is 429 g/mol. The zero-order chi connectivity index (χ0) is 23.3. The summed E-state index contributed by atoms with van der Waals surface area (Å²) >= 11 is 0. The number of carbonyl (C=O) groups is 2. The summed E-state index contributed by atoms with van der Waals surface area (Å²) in [7, 11) is 0. The molecule has 0 radical (unpaired) electrons. The first-order chi connectivity index (χ1) is 14.7. The number of allylic oxidation sites excluding steroid dienone is 8. The van der Waals surface area contributed by atoms with Gasteiger partial charge in [0.15, 0.2) is 5.78 Å². The zero-order valence-electron chi connectivity index (χ0n) is 20.8. The van der Waals surface area contributed by atoms with E-state index in [0.717, 1.165) is 44.9 Å². The molecule has 174 valence electrons. The van der Waals surface area contributed by atoms with Crippen molar-refractivity contribution in [3.05, 3.63) is 46.6 Å². The van der Waals surface area contributed by atoms with E-state index in [2.05, 4.69) is 58.9 Å². The number of ketones is 1. The number of carbonyl (C=O) groups excluding carboxylic acids is 2. The second kappa shape index (κ2) is 14.2. The smallest absolute Gasteiger partial charge is 0.319 e. The average Bonchev–Trinajstić information content (AvgIpc) is 3.08. The van der Waals surface area contributed by atoms with Crippen LogP contribution >= 0.6 is 0 Å². The van der Waals surface area contributed by atoms with E-state index >= 15 is 0 Å². The van der Waals surface area contributed by atoms with E-state index in [0.29, 0.717) is 25.9 Å². The molecule has 0 N–H and O–H groups in total. The van der Waals surface area contributed by atoms with Crippen LogP contribution in [0, 0.1) is 5.41 Å². The summed E-state index contributed by atoms with van der Waals surface area (Å²) in [4.78, 5) is 24.9. The van der Waals surface area contributed by atoms with Gasteiger partial charge in [0.05, 0.1) is 6.61 Å². The molecule has 0 saturated heterocycles. The number of hydrogen-bond donors (Lipinski definition) is 0. The van der Waals surface area contributed by atoms with E-state index in [9.17, 15) is 9.59 Å². The Morgan fingerprint density at radius 3 is 1.84 bits per heavy atom. The molecule has 3 nitrogen and oxygen atoms in total. The third kappa shape index (κ3) is 9.84. The van der Waals surface area contributed by atoms with Crippen molar-refractivity contribution >= 4 is 11.8 Å². The fourth-order valence-electron chi connectivity index (χ4n) is 4.05. The number of rotatable bonds is 13. The van der Waals surface area contributed by atoms with Gasteiger partial charge in [0.1, 0.15) is 5.41 Å². The fourth-order valence-corrected chi connectivity index (χ4v) is 4.05. The van der Waals surface area contributed by atoms with Gasteiger partial charge in [-0.1, -0.05) is 46.6 Å². The third-order valence-electron chi connectivity index (χ3n) is 6.16. The molecule has 1 aliphatic carbocycles. The summed E-state index contributed by atoms with van der Waals surface area (Å²) < 4.78 is 5.22. The van der Waals surface area contributed by atoms with Gasteiger partial charge >= 0.3 is 5.97 Å². The minimum absolute atomic E-state index is 0.0509. The van der Waals surface area contributed by atoms with Crippen molar-refractivity contribution < 1.29 is 14.3 Å². The molecular formula is C28H44O3. The van der Waals surface area contributed by atoms with Gasteiger partial charge in [-0.25, -0.2) is 0 Å². The van der Waals surface area contributed by atoms with Gasteiger partial charge in [0, 0.05) is 6.42 Å². The maximum absolute atomic E-state index is 12.4. The fraction of sp³-hybridized carbons (Fsp3) is 0.643. The van der Waals surface area contributed by atoms with Gasteiger partial charge in [-0.2, -0.15) is 0 Å². The van der Waals surface area contributed by atoms with E-state index < -0.39 is 5.41 Å². The van der Waals surface area contributed by atoms with E-state index in [1.165, 1.54) is 22.3 Å². The first kappa shape index (κ1) is 27.1. The first-order valence-electron chi connectivity index (χ1n) is 12.0. The number of ether oxygens (including phenoxy) is 1. The lowest BCUT2D eigenvalue weighted by Crippen LogP contribution is -2.36. The van der Waals surface area contributed by atoms with Crippen LogP contribution < -0.4 is 0 Å². The third-order valence-corrected chi connectivity index (χ3v) is 6.16. The van der Waals surface area contributed by atoms with Crippen LogP contribution in [0.2, 0.25) is 0 Å². The minimum atomic E-state index is -0.932. The summed E-state index contributed by atoms with van der Waals surface area (Å²) in [6.07, 6.45) is 17.9. The molecule has 1 fully saturated rings. The van der Waals surface area contributed by atoms with Crippen LogP contribution in [0.25, 0.3) is 0 Å². The Hall–Kier alpha value is -1.90. The van der Waals surface area contributed by atoms with Gasteiger partial charge in [-0.15, -0.1) is 0 Å². The van der Waals surface area contributed by atoms with Crippen LogP contribution in [-0.2, 0) is 14.3 Å². The van der Waals surface area contributed by atoms with Crippen molar-refractivity contribution in [2.75, 3.05) is 6.61 Å². The first-order valence-corrected chi connectivity index (χ1v) is 12.0. The number of hydrogen-bond acceptors (Lipinski definition) is 3. The Morgan fingerprint density at radius 2 is 1.39 bits per heavy atom. The van der Waals surface area contributed by atoms with Gasteiger partial charge < -0.3 is 4.74 Å². The van der Waals surface area contributed by atoms with Crippen LogP contribution in [0.5, 0.6) is 0 Å². The minimum Gasteiger partial charge on any atom is -0.465 e. The highest BCUT2D eigenvalue weighted by Gasteiger charge is 2.48. The summed E-state index contributed by atoms with van der Waals surface area (Å²) in [5.41, 5.74) is 4.60. The molecule has 1 saturated carbocycles. The molecule has 3 heteroatoms. The summed E-state index contributed by atoms with van der Waals surface area (Å²) in [5.74, 6) is -0.281. The lowest BCUT2D eigenvalue weighted by Gasteiger charge is -2.23. The Labute approximate surface area is 190 Å². The monoisotopic (exact) mass is 428 g/mol. The summed E-state index contributed by atoms with van der Waals surface area (Å²) in [6.45, 7) is 12.9. The van der Waals surface area contributed by atoms with Crippen LogP contribution in [0.4, 0.5) is 0 Å². The second-order valence-electron chi connectivity index (χ2n) is 9.33. The van der Waals surface area contributed by atoms with E-state index in [-0.39, 0.29) is 11.8 Å². The highest BCUT2D eigenvalue weighted by Crippen LogP contribution is 2.40. The zero-order valence-corrected chi connectivity index (χ0v) is 20.8. The topological polar surface area (TPSA) is 43.4 Å². The molecule has 0 aromatic carbocycles. The highest BCUT2D eigenvalue weighted by molar-refractivity contribution is 6.05. The van der Waals surface area contributed by atoms with Crippen molar-refractivity contribution in [3.63, 3.8) is 0 Å². The second-order valence-corrected chi connectivity index (χ2v) is 9.33. The molecule has 1 rings (SSSR count). The summed E-state index contributed by atoms with van der Waals surface area (Å²) in [5, 5.41) is 0. The quantitative estimate of drug-likeness (QED) is 0.170.